The van der Waals surface area contributed by atoms with E-state index in [0.717, 1.165) is 43.3 Å². The monoisotopic (exact) mass is 308 g/mol. The lowest BCUT2D eigenvalue weighted by Crippen LogP contribution is -2.43. The lowest BCUT2D eigenvalue weighted by molar-refractivity contribution is 0.589. The highest BCUT2D eigenvalue weighted by Gasteiger charge is 2.09. The first kappa shape index (κ1) is 13.7. The Bertz CT molecular complexity index is 549. The minimum atomic E-state index is 0.593. The fourth-order valence-electron chi connectivity index (χ4n) is 2.27. The number of aromatic nitrogens is 1. The number of nitrogens with zero attached hydrogens (tertiary/aromatic N) is 2. The van der Waals surface area contributed by atoms with Crippen LogP contribution in [0.5, 0.6) is 0 Å². The molecule has 0 atom stereocenters. The van der Waals surface area contributed by atoms with Crippen molar-refractivity contribution in [3.8, 4) is 0 Å². The summed E-state index contributed by atoms with van der Waals surface area (Å²) in [7, 11) is 0. The zero-order valence-electron chi connectivity index (χ0n) is 11.1. The molecule has 0 radical (unpaired) electrons. The van der Waals surface area contributed by atoms with Crippen LogP contribution in [0.3, 0.4) is 0 Å². The second-order valence-corrected chi connectivity index (χ2v) is 6.41. The van der Waals surface area contributed by atoms with Gasteiger partial charge in [0.05, 0.1) is 6.54 Å². The molecule has 0 aliphatic carbocycles. The second-order valence-electron chi connectivity index (χ2n) is 4.72. The quantitative estimate of drug-likeness (QED) is 0.911. The average molecular weight is 309 g/mol. The first-order valence-electron chi connectivity index (χ1n) is 6.71. The van der Waals surface area contributed by atoms with E-state index in [1.165, 1.54) is 17.0 Å². The van der Waals surface area contributed by atoms with Gasteiger partial charge in [-0.1, -0.05) is 11.6 Å². The van der Waals surface area contributed by atoms with Gasteiger partial charge in [0, 0.05) is 48.6 Å². The van der Waals surface area contributed by atoms with Crippen molar-refractivity contribution in [3.05, 3.63) is 39.8 Å². The smallest absolute Gasteiger partial charge is 0.183 e. The molecular weight excluding hydrogens is 292 g/mol. The van der Waals surface area contributed by atoms with Crippen molar-refractivity contribution in [2.24, 2.45) is 0 Å². The number of benzene rings is 1. The van der Waals surface area contributed by atoms with E-state index < -0.39 is 0 Å². The molecule has 0 spiro atoms. The third-order valence-electron chi connectivity index (χ3n) is 3.34. The third kappa shape index (κ3) is 3.42. The van der Waals surface area contributed by atoms with E-state index in [9.17, 15) is 0 Å². The molecule has 4 nitrogen and oxygen atoms in total. The maximum Gasteiger partial charge on any atom is 0.183 e. The Morgan fingerprint density at radius 2 is 2.00 bits per heavy atom. The highest BCUT2D eigenvalue weighted by Crippen LogP contribution is 2.21. The van der Waals surface area contributed by atoms with Crippen LogP contribution in [0.1, 0.15) is 4.88 Å². The molecule has 1 aliphatic heterocycles. The summed E-state index contributed by atoms with van der Waals surface area (Å²) in [5, 5.41) is 6.75. The SMILES string of the molecule is Clc1ncc(CNc2ccc(N3CCNCC3)cc2)s1. The van der Waals surface area contributed by atoms with Crippen LogP contribution < -0.4 is 15.5 Å². The molecule has 3 rings (SSSR count). The van der Waals surface area contributed by atoms with Gasteiger partial charge in [-0.25, -0.2) is 4.98 Å². The molecule has 0 bridgehead atoms. The summed E-state index contributed by atoms with van der Waals surface area (Å²) in [6.45, 7) is 5.04. The van der Waals surface area contributed by atoms with E-state index in [1.807, 2.05) is 6.20 Å². The molecule has 2 N–H and O–H groups in total. The molecule has 0 amide bonds. The second kappa shape index (κ2) is 6.43. The lowest BCUT2D eigenvalue weighted by atomic mass is 10.2. The predicted octanol–water partition coefficient (Wildman–Crippen LogP) is 2.82. The number of thiazole rings is 1. The molecule has 6 heteroatoms. The van der Waals surface area contributed by atoms with Gasteiger partial charge >= 0.3 is 0 Å². The van der Waals surface area contributed by atoms with Gasteiger partial charge in [-0.15, -0.1) is 11.3 Å². The molecule has 0 unspecified atom stereocenters. The van der Waals surface area contributed by atoms with Crippen molar-refractivity contribution in [1.29, 1.82) is 0 Å². The molecule has 2 aromatic rings. The number of piperazine rings is 1. The number of hydrogen-bond donors (Lipinski definition) is 2. The third-order valence-corrected chi connectivity index (χ3v) is 4.46. The van der Waals surface area contributed by atoms with E-state index >= 15 is 0 Å². The van der Waals surface area contributed by atoms with Crippen molar-refractivity contribution in [1.82, 2.24) is 10.3 Å². The molecular formula is C14H17ClN4S. The Labute approximate surface area is 127 Å². The maximum atomic E-state index is 5.82. The van der Waals surface area contributed by atoms with Gasteiger partial charge in [-0.3, -0.25) is 0 Å². The van der Waals surface area contributed by atoms with Gasteiger partial charge in [-0.05, 0) is 24.3 Å². The number of halogens is 1. The van der Waals surface area contributed by atoms with Crippen LogP contribution in [0.4, 0.5) is 11.4 Å². The zero-order valence-corrected chi connectivity index (χ0v) is 12.7. The van der Waals surface area contributed by atoms with Crippen molar-refractivity contribution >= 4 is 34.3 Å². The van der Waals surface area contributed by atoms with Crippen molar-refractivity contribution in [3.63, 3.8) is 0 Å². The zero-order chi connectivity index (χ0) is 13.8. The Morgan fingerprint density at radius 3 is 2.65 bits per heavy atom. The topological polar surface area (TPSA) is 40.2 Å². The summed E-state index contributed by atoms with van der Waals surface area (Å²) in [6.07, 6.45) is 1.81. The van der Waals surface area contributed by atoms with E-state index in [0.29, 0.717) is 4.47 Å². The fourth-order valence-corrected chi connectivity index (χ4v) is 3.19. The van der Waals surface area contributed by atoms with Crippen LogP contribution in [0.25, 0.3) is 0 Å². The van der Waals surface area contributed by atoms with Gasteiger partial charge in [0.25, 0.3) is 0 Å². The van der Waals surface area contributed by atoms with Crippen LogP contribution in [-0.4, -0.2) is 31.2 Å². The van der Waals surface area contributed by atoms with E-state index in [2.05, 4.69) is 44.8 Å². The van der Waals surface area contributed by atoms with Gasteiger partial charge in [0.15, 0.2) is 4.47 Å². The molecule has 1 aromatic carbocycles. The van der Waals surface area contributed by atoms with Crippen molar-refractivity contribution in [2.75, 3.05) is 36.4 Å². The Kier molecular flexibility index (Phi) is 4.40. The molecule has 1 fully saturated rings. The fraction of sp³-hybridized carbons (Fsp3) is 0.357. The summed E-state index contributed by atoms with van der Waals surface area (Å²) in [5.74, 6) is 0. The number of nitrogens with one attached hydrogen (secondary N) is 2. The van der Waals surface area contributed by atoms with Gasteiger partial charge < -0.3 is 15.5 Å². The molecule has 1 aromatic heterocycles. The largest absolute Gasteiger partial charge is 0.380 e. The Morgan fingerprint density at radius 1 is 1.25 bits per heavy atom. The highest BCUT2D eigenvalue weighted by molar-refractivity contribution is 7.15. The Hall–Kier alpha value is -1.30. The summed E-state index contributed by atoms with van der Waals surface area (Å²) >= 11 is 7.33. The summed E-state index contributed by atoms with van der Waals surface area (Å²) in [5.41, 5.74) is 2.41. The maximum absolute atomic E-state index is 5.82. The number of anilines is 2. The van der Waals surface area contributed by atoms with E-state index in [4.69, 9.17) is 11.6 Å². The predicted molar refractivity (Wildman–Crippen MR) is 86.0 cm³/mol. The summed E-state index contributed by atoms with van der Waals surface area (Å²) < 4.78 is 0.593. The molecule has 20 heavy (non-hydrogen) atoms. The minimum Gasteiger partial charge on any atom is -0.380 e. The van der Waals surface area contributed by atoms with Crippen LogP contribution >= 0.6 is 22.9 Å². The van der Waals surface area contributed by atoms with Crippen LogP contribution in [0.2, 0.25) is 4.47 Å². The number of rotatable bonds is 4. The van der Waals surface area contributed by atoms with Crippen molar-refractivity contribution < 1.29 is 0 Å². The van der Waals surface area contributed by atoms with Crippen LogP contribution in [0, 0.1) is 0 Å². The molecule has 1 saturated heterocycles. The average Bonchev–Trinajstić information content (AvgIpc) is 2.92. The van der Waals surface area contributed by atoms with Gasteiger partial charge in [-0.2, -0.15) is 0 Å². The summed E-state index contributed by atoms with van der Waals surface area (Å²) in [6, 6.07) is 8.60. The van der Waals surface area contributed by atoms with Crippen LogP contribution in [0.15, 0.2) is 30.5 Å². The molecule has 1 aliphatic rings. The van der Waals surface area contributed by atoms with Gasteiger partial charge in [0.1, 0.15) is 0 Å². The van der Waals surface area contributed by atoms with Crippen molar-refractivity contribution in [2.45, 2.75) is 6.54 Å². The summed E-state index contributed by atoms with van der Waals surface area (Å²) in [4.78, 5) is 7.58. The van der Waals surface area contributed by atoms with Crippen LogP contribution in [-0.2, 0) is 6.54 Å². The Balaban J connectivity index is 1.58. The molecule has 2 heterocycles. The molecule has 106 valence electrons. The standard InChI is InChI=1S/C14H17ClN4S/c15-14-18-10-13(20-14)9-17-11-1-3-12(4-2-11)19-7-5-16-6-8-19/h1-4,10,16-17H,5-9H2. The lowest BCUT2D eigenvalue weighted by Gasteiger charge is -2.29. The molecule has 0 saturated carbocycles. The minimum absolute atomic E-state index is 0.593. The first-order valence-corrected chi connectivity index (χ1v) is 7.90. The van der Waals surface area contributed by atoms with E-state index in [-0.39, 0.29) is 0 Å². The van der Waals surface area contributed by atoms with Gasteiger partial charge in [0.2, 0.25) is 0 Å². The highest BCUT2D eigenvalue weighted by atomic mass is 35.5. The number of hydrogen-bond acceptors (Lipinski definition) is 5. The first-order chi connectivity index (χ1) is 9.81. The van der Waals surface area contributed by atoms with E-state index in [1.54, 1.807) is 0 Å². The normalized spacial score (nSPS) is 15.3.